The van der Waals surface area contributed by atoms with Crippen LogP contribution in [-0.4, -0.2) is 33.3 Å². The molecule has 0 fully saturated rings. The Morgan fingerprint density at radius 2 is 1.12 bits per heavy atom. The predicted molar refractivity (Wildman–Crippen MR) is 69.4 cm³/mol. The average molecular weight is 268 g/mol. The molecule has 16 heavy (non-hydrogen) atoms. The van der Waals surface area contributed by atoms with Crippen LogP contribution in [0.2, 0.25) is 0 Å². The largest absolute Gasteiger partial charge is 0.681 e. The van der Waals surface area contributed by atoms with Gasteiger partial charge in [-0.1, -0.05) is 0 Å². The van der Waals surface area contributed by atoms with Gasteiger partial charge in [0, 0.05) is 18.3 Å². The van der Waals surface area contributed by atoms with Gasteiger partial charge in [-0.05, 0) is 41.5 Å². The van der Waals surface area contributed by atoms with Crippen molar-refractivity contribution in [1.29, 1.82) is 0 Å². The van der Waals surface area contributed by atoms with Crippen molar-refractivity contribution in [2.75, 3.05) is 5.94 Å². The van der Waals surface area contributed by atoms with E-state index in [9.17, 15) is 0 Å². The second-order valence-electron chi connectivity index (χ2n) is 4.27. The molecule has 0 aliphatic rings. The van der Waals surface area contributed by atoms with E-state index in [0.717, 1.165) is 0 Å². The van der Waals surface area contributed by atoms with Crippen LogP contribution < -0.4 is 0 Å². The Bertz CT molecular complexity index is 161. The van der Waals surface area contributed by atoms with Crippen LogP contribution in [0.4, 0.5) is 0 Å². The van der Waals surface area contributed by atoms with Crippen molar-refractivity contribution in [1.82, 2.24) is 0 Å². The summed E-state index contributed by atoms with van der Waals surface area (Å²) in [5, 5.41) is 0. The van der Waals surface area contributed by atoms with Gasteiger partial charge in [0.2, 0.25) is 0 Å². The highest BCUT2D eigenvalue weighted by Crippen LogP contribution is 2.19. The van der Waals surface area contributed by atoms with Crippen LogP contribution in [0.3, 0.4) is 0 Å². The Morgan fingerprint density at radius 3 is 1.31 bits per heavy atom. The lowest BCUT2D eigenvalue weighted by atomic mass is 10.5. The van der Waals surface area contributed by atoms with Gasteiger partial charge >= 0.3 is 9.05 Å². The van der Waals surface area contributed by atoms with E-state index >= 15 is 0 Å². The molecular formula is C10H24O4SSi. The molecule has 0 aliphatic carbocycles. The maximum atomic E-state index is 5.72. The van der Waals surface area contributed by atoms with E-state index in [0.29, 0.717) is 0 Å². The van der Waals surface area contributed by atoms with Crippen molar-refractivity contribution >= 4 is 21.7 Å². The molecule has 0 aliphatic heterocycles. The van der Waals surface area contributed by atoms with Gasteiger partial charge in [0.05, 0.1) is 5.94 Å². The minimum atomic E-state index is -3.06. The van der Waals surface area contributed by atoms with Crippen LogP contribution in [0.15, 0.2) is 0 Å². The lowest BCUT2D eigenvalue weighted by Crippen LogP contribution is -2.53. The number of hydrogen-bond acceptors (Lipinski definition) is 5. The fourth-order valence-electron chi connectivity index (χ4n) is 1.13. The maximum absolute atomic E-state index is 5.72. The minimum absolute atomic E-state index is 0.0101. The zero-order valence-corrected chi connectivity index (χ0v) is 12.9. The minimum Gasteiger partial charge on any atom is -0.349 e. The van der Waals surface area contributed by atoms with E-state index in [1.807, 2.05) is 41.5 Å². The molecule has 0 aromatic heterocycles. The number of rotatable bonds is 8. The molecule has 0 bridgehead atoms. The first-order valence-corrected chi connectivity index (χ1v) is 7.86. The summed E-state index contributed by atoms with van der Waals surface area (Å²) < 4.78 is 22.7. The maximum Gasteiger partial charge on any atom is 0.681 e. The van der Waals surface area contributed by atoms with Crippen molar-refractivity contribution in [3.8, 4) is 0 Å². The Morgan fingerprint density at radius 1 is 0.812 bits per heavy atom. The molecule has 0 heterocycles. The molecule has 0 atom stereocenters. The summed E-state index contributed by atoms with van der Waals surface area (Å²) >= 11 is 4.05. The Hall–Kier alpha value is 0.407. The molecular weight excluding hydrogens is 244 g/mol. The predicted octanol–water partition coefficient (Wildman–Crippen LogP) is 2.60. The SMILES string of the molecule is CC(C)O[Si](OCS)(OC(C)C)OC(C)C. The van der Waals surface area contributed by atoms with Gasteiger partial charge in [0.25, 0.3) is 0 Å². The molecule has 0 aromatic rings. The molecule has 98 valence electrons. The average Bonchev–Trinajstić information content (AvgIpc) is 1.98. The molecule has 0 rings (SSSR count). The highest BCUT2D eigenvalue weighted by Gasteiger charge is 2.48. The van der Waals surface area contributed by atoms with Crippen LogP contribution in [0, 0.1) is 0 Å². The van der Waals surface area contributed by atoms with Crippen molar-refractivity contribution < 1.29 is 17.7 Å². The van der Waals surface area contributed by atoms with Gasteiger partial charge in [-0.15, -0.1) is 0 Å². The normalized spacial score (nSPS) is 13.1. The fraction of sp³-hybridized carbons (Fsp3) is 1.00. The summed E-state index contributed by atoms with van der Waals surface area (Å²) in [6.07, 6.45) is -0.0304. The Labute approximate surface area is 106 Å². The Balaban J connectivity index is 4.72. The molecule has 0 unspecified atom stereocenters. The smallest absolute Gasteiger partial charge is 0.349 e. The standard InChI is InChI=1S/C10H24O4SSi/c1-8(2)12-16(11-7-15,13-9(3)4)14-10(5)6/h8-10,15H,7H2,1-6H3. The van der Waals surface area contributed by atoms with E-state index in [4.69, 9.17) is 17.7 Å². The van der Waals surface area contributed by atoms with E-state index < -0.39 is 9.05 Å². The van der Waals surface area contributed by atoms with Crippen molar-refractivity contribution in [2.45, 2.75) is 59.9 Å². The van der Waals surface area contributed by atoms with Gasteiger partial charge in [-0.3, -0.25) is 0 Å². The van der Waals surface area contributed by atoms with Gasteiger partial charge in [0.1, 0.15) is 0 Å². The first-order valence-electron chi connectivity index (χ1n) is 5.59. The summed E-state index contributed by atoms with van der Waals surface area (Å²) in [5.74, 6) is 0.221. The molecule has 6 heteroatoms. The van der Waals surface area contributed by atoms with Gasteiger partial charge < -0.3 is 17.7 Å². The lowest BCUT2D eigenvalue weighted by molar-refractivity contribution is -0.0672. The van der Waals surface area contributed by atoms with E-state index in [-0.39, 0.29) is 24.3 Å². The third-order valence-electron chi connectivity index (χ3n) is 1.38. The summed E-state index contributed by atoms with van der Waals surface area (Å²) in [4.78, 5) is 0. The fourth-order valence-corrected chi connectivity index (χ4v) is 3.87. The molecule has 4 nitrogen and oxygen atoms in total. The van der Waals surface area contributed by atoms with Crippen molar-refractivity contribution in [2.24, 2.45) is 0 Å². The third kappa shape index (κ3) is 6.88. The summed E-state index contributed by atoms with van der Waals surface area (Å²) in [6.45, 7) is 11.6. The quantitative estimate of drug-likeness (QED) is 0.417. The van der Waals surface area contributed by atoms with Gasteiger partial charge in [-0.2, -0.15) is 12.6 Å². The van der Waals surface area contributed by atoms with Crippen molar-refractivity contribution in [3.63, 3.8) is 0 Å². The Kier molecular flexibility index (Phi) is 7.87. The highest BCUT2D eigenvalue weighted by molar-refractivity contribution is 7.80. The molecule has 0 saturated heterocycles. The van der Waals surface area contributed by atoms with Crippen LogP contribution in [0.1, 0.15) is 41.5 Å². The second-order valence-corrected chi connectivity index (χ2v) is 6.53. The summed E-state index contributed by atoms with van der Waals surface area (Å²) in [7, 11) is -3.06. The molecule has 0 amide bonds. The van der Waals surface area contributed by atoms with Crippen LogP contribution in [-0.2, 0) is 17.7 Å². The topological polar surface area (TPSA) is 36.9 Å². The number of thiol groups is 1. The lowest BCUT2D eigenvalue weighted by Gasteiger charge is -2.32. The van der Waals surface area contributed by atoms with Gasteiger partial charge in [0.15, 0.2) is 0 Å². The molecule has 0 N–H and O–H groups in total. The van der Waals surface area contributed by atoms with E-state index in [1.165, 1.54) is 0 Å². The first-order chi connectivity index (χ1) is 7.31. The summed E-state index contributed by atoms with van der Waals surface area (Å²) in [5.41, 5.74) is 0. The molecule has 0 spiro atoms. The number of hydrogen-bond donors (Lipinski definition) is 1. The van der Waals surface area contributed by atoms with E-state index in [1.54, 1.807) is 0 Å². The van der Waals surface area contributed by atoms with Crippen LogP contribution >= 0.6 is 12.6 Å². The van der Waals surface area contributed by atoms with Crippen molar-refractivity contribution in [3.05, 3.63) is 0 Å². The van der Waals surface area contributed by atoms with Crippen LogP contribution in [0.5, 0.6) is 0 Å². The highest BCUT2D eigenvalue weighted by atomic mass is 32.1. The van der Waals surface area contributed by atoms with E-state index in [2.05, 4.69) is 12.6 Å². The third-order valence-corrected chi connectivity index (χ3v) is 4.53. The van der Waals surface area contributed by atoms with Crippen LogP contribution in [0.25, 0.3) is 0 Å². The zero-order chi connectivity index (χ0) is 12.8. The summed E-state index contributed by atoms with van der Waals surface area (Å²) in [6, 6.07) is 0. The van der Waals surface area contributed by atoms with Gasteiger partial charge in [-0.25, -0.2) is 0 Å². The monoisotopic (exact) mass is 268 g/mol. The molecule has 0 aromatic carbocycles. The second kappa shape index (κ2) is 7.68. The first kappa shape index (κ1) is 16.4. The molecule has 0 saturated carbocycles. The zero-order valence-electron chi connectivity index (χ0n) is 11.0. The molecule has 0 radical (unpaired) electrons.